The van der Waals surface area contributed by atoms with E-state index in [1.165, 1.54) is 11.3 Å². The maximum Gasteiger partial charge on any atom is 0.251 e. The van der Waals surface area contributed by atoms with Crippen molar-refractivity contribution in [1.82, 2.24) is 10.3 Å². The van der Waals surface area contributed by atoms with E-state index in [-0.39, 0.29) is 5.91 Å². The molecule has 1 heterocycles. The first-order valence-electron chi connectivity index (χ1n) is 6.17. The number of thiazole rings is 1. The molecule has 1 amide bonds. The van der Waals surface area contributed by atoms with Gasteiger partial charge < -0.3 is 11.1 Å². The summed E-state index contributed by atoms with van der Waals surface area (Å²) in [5.41, 5.74) is 9.45. The van der Waals surface area contributed by atoms with Gasteiger partial charge in [-0.15, -0.1) is 11.3 Å². The highest BCUT2D eigenvalue weighted by Crippen LogP contribution is 2.12. The van der Waals surface area contributed by atoms with Crippen LogP contribution < -0.4 is 11.1 Å². The number of rotatable bonds is 3. The van der Waals surface area contributed by atoms with Gasteiger partial charge in [0, 0.05) is 16.0 Å². The van der Waals surface area contributed by atoms with Crippen molar-refractivity contribution in [1.29, 1.82) is 0 Å². The molecule has 0 saturated heterocycles. The van der Waals surface area contributed by atoms with E-state index < -0.39 is 0 Å². The lowest BCUT2D eigenvalue weighted by Crippen LogP contribution is -2.22. The smallest absolute Gasteiger partial charge is 0.251 e. The highest BCUT2D eigenvalue weighted by Gasteiger charge is 2.07. The normalized spacial score (nSPS) is 9.70. The number of carbonyl (C=O) groups is 1. The number of nitrogens with two attached hydrogens (primary N) is 1. The zero-order valence-electron chi connectivity index (χ0n) is 11.1. The van der Waals surface area contributed by atoms with Crippen LogP contribution in [0, 0.1) is 18.8 Å². The molecule has 0 spiro atoms. The number of nitrogens with zero attached hydrogens (tertiary/aromatic N) is 1. The lowest BCUT2D eigenvalue weighted by Gasteiger charge is -2.04. The molecule has 102 valence electrons. The molecule has 1 aromatic carbocycles. The molecule has 4 nitrogen and oxygen atoms in total. The van der Waals surface area contributed by atoms with Crippen molar-refractivity contribution in [3.63, 3.8) is 0 Å². The number of benzene rings is 1. The third-order valence-electron chi connectivity index (χ3n) is 2.71. The Morgan fingerprint density at radius 3 is 3.05 bits per heavy atom. The van der Waals surface area contributed by atoms with Gasteiger partial charge in [0.25, 0.3) is 5.91 Å². The minimum atomic E-state index is -0.116. The second-order valence-corrected chi connectivity index (χ2v) is 5.07. The van der Waals surface area contributed by atoms with Gasteiger partial charge in [0.1, 0.15) is 0 Å². The van der Waals surface area contributed by atoms with Crippen LogP contribution in [0.2, 0.25) is 0 Å². The standard InChI is InChI=1S/C15H15N3OS/c1-11-14(20-10-18-11)9-17-15(19)13-6-2-4-12(8-13)5-3-7-16/h2,4,6,8,10H,7,9,16H2,1H3,(H,17,19). The van der Waals surface area contributed by atoms with E-state index in [1.54, 1.807) is 17.6 Å². The Balaban J connectivity index is 2.04. The van der Waals surface area contributed by atoms with Crippen LogP contribution in [0.3, 0.4) is 0 Å². The summed E-state index contributed by atoms with van der Waals surface area (Å²) in [5.74, 6) is 5.57. The van der Waals surface area contributed by atoms with Crippen molar-refractivity contribution >= 4 is 17.2 Å². The van der Waals surface area contributed by atoms with Gasteiger partial charge in [-0.05, 0) is 25.1 Å². The van der Waals surface area contributed by atoms with Crippen molar-refractivity contribution in [2.45, 2.75) is 13.5 Å². The van der Waals surface area contributed by atoms with Gasteiger partial charge in [-0.2, -0.15) is 0 Å². The first-order valence-corrected chi connectivity index (χ1v) is 7.05. The molecule has 2 aromatic rings. The molecule has 0 atom stereocenters. The second kappa shape index (κ2) is 6.85. The van der Waals surface area contributed by atoms with Crippen molar-refractivity contribution in [2.75, 3.05) is 6.54 Å². The van der Waals surface area contributed by atoms with Crippen LogP contribution in [0.15, 0.2) is 29.8 Å². The summed E-state index contributed by atoms with van der Waals surface area (Å²) in [6.07, 6.45) is 0. The molecule has 0 unspecified atom stereocenters. The van der Waals surface area contributed by atoms with Crippen LogP contribution in [-0.4, -0.2) is 17.4 Å². The number of aromatic nitrogens is 1. The van der Waals surface area contributed by atoms with E-state index in [0.29, 0.717) is 18.7 Å². The maximum atomic E-state index is 12.1. The fraction of sp³-hybridized carbons (Fsp3) is 0.200. The fourth-order valence-electron chi connectivity index (χ4n) is 1.65. The van der Waals surface area contributed by atoms with Gasteiger partial charge >= 0.3 is 0 Å². The van der Waals surface area contributed by atoms with E-state index in [2.05, 4.69) is 22.1 Å². The molecule has 0 aliphatic carbocycles. The van der Waals surface area contributed by atoms with Crippen LogP contribution >= 0.6 is 11.3 Å². The van der Waals surface area contributed by atoms with E-state index in [1.807, 2.05) is 19.1 Å². The Hall–Kier alpha value is -2.16. The molecule has 3 N–H and O–H groups in total. The number of aryl methyl sites for hydroxylation is 1. The summed E-state index contributed by atoms with van der Waals surface area (Å²) in [5, 5.41) is 2.88. The quantitative estimate of drug-likeness (QED) is 0.843. The zero-order chi connectivity index (χ0) is 14.4. The number of carbonyl (C=O) groups excluding carboxylic acids is 1. The van der Waals surface area contributed by atoms with Gasteiger partial charge in [-0.3, -0.25) is 4.79 Å². The molecule has 1 aromatic heterocycles. The van der Waals surface area contributed by atoms with E-state index in [0.717, 1.165) is 16.1 Å². The van der Waals surface area contributed by atoms with Gasteiger partial charge in [-0.25, -0.2) is 4.98 Å². The van der Waals surface area contributed by atoms with Crippen LogP contribution in [0.1, 0.15) is 26.5 Å². The van der Waals surface area contributed by atoms with Crippen LogP contribution in [0.25, 0.3) is 0 Å². The number of amides is 1. The summed E-state index contributed by atoms with van der Waals surface area (Å²) in [7, 11) is 0. The largest absolute Gasteiger partial charge is 0.347 e. The summed E-state index contributed by atoms with van der Waals surface area (Å²) in [6, 6.07) is 7.19. The lowest BCUT2D eigenvalue weighted by atomic mass is 10.1. The molecule has 5 heteroatoms. The highest BCUT2D eigenvalue weighted by molar-refractivity contribution is 7.09. The summed E-state index contributed by atoms with van der Waals surface area (Å²) >= 11 is 1.54. The Morgan fingerprint density at radius 2 is 2.35 bits per heavy atom. The Bertz CT molecular complexity index is 667. The molecule has 0 bridgehead atoms. The molecule has 2 rings (SSSR count). The maximum absolute atomic E-state index is 12.1. The molecule has 0 aliphatic heterocycles. The van der Waals surface area contributed by atoms with Crippen molar-refractivity contribution in [2.24, 2.45) is 5.73 Å². The lowest BCUT2D eigenvalue weighted by molar-refractivity contribution is 0.0951. The van der Waals surface area contributed by atoms with Crippen molar-refractivity contribution < 1.29 is 4.79 Å². The van der Waals surface area contributed by atoms with E-state index in [4.69, 9.17) is 5.73 Å². The first-order chi connectivity index (χ1) is 9.70. The van der Waals surface area contributed by atoms with Gasteiger partial charge in [0.05, 0.1) is 24.3 Å². The molecule has 0 aliphatic rings. The van der Waals surface area contributed by atoms with Crippen LogP contribution in [-0.2, 0) is 6.54 Å². The summed E-state index contributed by atoms with van der Waals surface area (Å²) < 4.78 is 0. The highest BCUT2D eigenvalue weighted by atomic mass is 32.1. The Morgan fingerprint density at radius 1 is 1.50 bits per heavy atom. The molecule has 0 saturated carbocycles. The van der Waals surface area contributed by atoms with Gasteiger partial charge in [-0.1, -0.05) is 17.9 Å². The van der Waals surface area contributed by atoms with Crippen LogP contribution in [0.4, 0.5) is 0 Å². The minimum Gasteiger partial charge on any atom is -0.347 e. The monoisotopic (exact) mass is 285 g/mol. The molecule has 0 radical (unpaired) electrons. The summed E-state index contributed by atoms with van der Waals surface area (Å²) in [6.45, 7) is 2.73. The average molecular weight is 285 g/mol. The first kappa shape index (κ1) is 14.3. The Kier molecular flexibility index (Phi) is 4.88. The molecular formula is C15H15N3OS. The predicted molar refractivity (Wildman–Crippen MR) is 80.4 cm³/mol. The molecule has 20 heavy (non-hydrogen) atoms. The Labute approximate surface area is 122 Å². The molecule has 0 fully saturated rings. The van der Waals surface area contributed by atoms with E-state index >= 15 is 0 Å². The van der Waals surface area contributed by atoms with Crippen molar-refractivity contribution in [3.8, 4) is 11.8 Å². The van der Waals surface area contributed by atoms with Crippen LogP contribution in [0.5, 0.6) is 0 Å². The van der Waals surface area contributed by atoms with Gasteiger partial charge in [0.15, 0.2) is 0 Å². The number of hydrogen-bond donors (Lipinski definition) is 2. The topological polar surface area (TPSA) is 68.0 Å². The third-order valence-corrected chi connectivity index (χ3v) is 3.65. The molecular weight excluding hydrogens is 270 g/mol. The van der Waals surface area contributed by atoms with Crippen molar-refractivity contribution in [3.05, 3.63) is 51.5 Å². The second-order valence-electron chi connectivity index (χ2n) is 4.13. The third kappa shape index (κ3) is 3.67. The predicted octanol–water partition coefficient (Wildman–Crippen LogP) is 1.69. The number of hydrogen-bond acceptors (Lipinski definition) is 4. The van der Waals surface area contributed by atoms with E-state index in [9.17, 15) is 4.79 Å². The summed E-state index contributed by atoms with van der Waals surface area (Å²) in [4.78, 5) is 17.3. The minimum absolute atomic E-state index is 0.116. The SMILES string of the molecule is Cc1ncsc1CNC(=O)c1cccc(C#CCN)c1. The van der Waals surface area contributed by atoms with Gasteiger partial charge in [0.2, 0.25) is 0 Å². The average Bonchev–Trinajstić information content (AvgIpc) is 2.88. The fourth-order valence-corrected chi connectivity index (χ4v) is 2.37. The number of nitrogens with one attached hydrogen (secondary N) is 1. The zero-order valence-corrected chi connectivity index (χ0v) is 12.0.